The Hall–Kier alpha value is -1.14. The summed E-state index contributed by atoms with van der Waals surface area (Å²) in [6.45, 7) is 0.0663. The largest absolute Gasteiger partial charge is 0.483 e. The normalized spacial score (nSPS) is 7.29. The summed E-state index contributed by atoms with van der Waals surface area (Å²) >= 11 is 0. The van der Waals surface area contributed by atoms with Crippen LogP contribution in [0.3, 0.4) is 0 Å². The van der Waals surface area contributed by atoms with Gasteiger partial charge in [0.25, 0.3) is 12.9 Å². The third kappa shape index (κ3) is 70.9. The molecule has 0 unspecified atom stereocenters. The van der Waals surface area contributed by atoms with E-state index in [0.717, 1.165) is 25.7 Å². The highest BCUT2D eigenvalue weighted by Crippen LogP contribution is 1.96. The van der Waals surface area contributed by atoms with E-state index in [9.17, 15) is 0 Å². The van der Waals surface area contributed by atoms with Crippen LogP contribution in [0.1, 0.15) is 25.7 Å². The standard InChI is InChI=1S/C6H14O2.2CH2O2/c7-5-3-1-2-4-6-8;2*2-1-3/h7-8H,1-6H2;2*1H,(H,2,3). The lowest BCUT2D eigenvalue weighted by Crippen LogP contribution is -1.85. The Bertz CT molecular complexity index is 83.8. The van der Waals surface area contributed by atoms with Crippen molar-refractivity contribution in [3.8, 4) is 0 Å². The SMILES string of the molecule is O=CO.O=CO.OCCCCCCO. The molecule has 0 radical (unpaired) electrons. The lowest BCUT2D eigenvalue weighted by Gasteiger charge is -1.93. The van der Waals surface area contributed by atoms with Crippen molar-refractivity contribution in [2.45, 2.75) is 25.7 Å². The van der Waals surface area contributed by atoms with Crippen molar-refractivity contribution >= 4 is 12.9 Å². The third-order valence-electron chi connectivity index (χ3n) is 1.07. The molecule has 0 aromatic carbocycles. The van der Waals surface area contributed by atoms with Gasteiger partial charge < -0.3 is 20.4 Å². The summed E-state index contributed by atoms with van der Waals surface area (Å²) in [6.07, 6.45) is 3.83. The summed E-state index contributed by atoms with van der Waals surface area (Å²) in [5, 5.41) is 30.4. The van der Waals surface area contributed by atoms with E-state index in [4.69, 9.17) is 30.0 Å². The van der Waals surface area contributed by atoms with Gasteiger partial charge in [-0.25, -0.2) is 0 Å². The van der Waals surface area contributed by atoms with Gasteiger partial charge in [-0.15, -0.1) is 0 Å². The Balaban J connectivity index is -0.000000168. The molecule has 4 N–H and O–H groups in total. The maximum atomic E-state index is 8.36. The maximum absolute atomic E-state index is 8.36. The van der Waals surface area contributed by atoms with Gasteiger partial charge in [-0.1, -0.05) is 12.8 Å². The minimum atomic E-state index is -0.250. The van der Waals surface area contributed by atoms with Crippen LogP contribution in [-0.2, 0) is 9.59 Å². The van der Waals surface area contributed by atoms with E-state index < -0.39 is 0 Å². The van der Waals surface area contributed by atoms with Gasteiger partial charge in [-0.05, 0) is 12.8 Å². The van der Waals surface area contributed by atoms with E-state index >= 15 is 0 Å². The number of hydrogen-bond acceptors (Lipinski definition) is 4. The van der Waals surface area contributed by atoms with Crippen molar-refractivity contribution in [3.05, 3.63) is 0 Å². The zero-order valence-corrected chi connectivity index (χ0v) is 8.00. The molecule has 0 bridgehead atoms. The number of unbranched alkanes of at least 4 members (excludes halogenated alkanes) is 3. The summed E-state index contributed by atoms with van der Waals surface area (Å²) in [5.74, 6) is 0. The van der Waals surface area contributed by atoms with Crippen LogP contribution >= 0.6 is 0 Å². The van der Waals surface area contributed by atoms with Crippen molar-refractivity contribution in [2.24, 2.45) is 0 Å². The van der Waals surface area contributed by atoms with Crippen molar-refractivity contribution in [1.82, 2.24) is 0 Å². The van der Waals surface area contributed by atoms with Gasteiger partial charge in [-0.3, -0.25) is 9.59 Å². The first-order valence-electron chi connectivity index (χ1n) is 4.12. The fraction of sp³-hybridized carbons (Fsp3) is 0.750. The van der Waals surface area contributed by atoms with Crippen LogP contribution in [0.25, 0.3) is 0 Å². The first kappa shape index (κ1) is 18.6. The molecule has 0 aromatic rings. The van der Waals surface area contributed by atoms with Crippen LogP contribution in [0.2, 0.25) is 0 Å². The van der Waals surface area contributed by atoms with E-state index in [1.165, 1.54) is 0 Å². The molecular weight excluding hydrogens is 192 g/mol. The van der Waals surface area contributed by atoms with Gasteiger partial charge >= 0.3 is 0 Å². The highest BCUT2D eigenvalue weighted by molar-refractivity contribution is 5.32. The minimum Gasteiger partial charge on any atom is -0.483 e. The summed E-state index contributed by atoms with van der Waals surface area (Å²) in [7, 11) is 0. The van der Waals surface area contributed by atoms with E-state index in [-0.39, 0.29) is 26.2 Å². The molecule has 0 rings (SSSR count). The Morgan fingerprint density at radius 1 is 0.714 bits per heavy atom. The number of hydrogen-bond donors (Lipinski definition) is 4. The molecule has 0 fully saturated rings. The second kappa shape index (κ2) is 29.7. The molecule has 14 heavy (non-hydrogen) atoms. The molecule has 0 aliphatic carbocycles. The number of carboxylic acid groups (broad SMARTS) is 2. The highest BCUT2D eigenvalue weighted by atomic mass is 16.3. The van der Waals surface area contributed by atoms with Gasteiger partial charge in [0.1, 0.15) is 0 Å². The van der Waals surface area contributed by atoms with Gasteiger partial charge in [0, 0.05) is 13.2 Å². The minimum absolute atomic E-state index is 0.250. The van der Waals surface area contributed by atoms with Crippen LogP contribution in [0, 0.1) is 0 Å². The fourth-order valence-corrected chi connectivity index (χ4v) is 0.577. The predicted molar refractivity (Wildman–Crippen MR) is 50.0 cm³/mol. The van der Waals surface area contributed by atoms with Gasteiger partial charge in [0.05, 0.1) is 0 Å². The Labute approximate surface area is 82.8 Å². The zero-order valence-electron chi connectivity index (χ0n) is 8.00. The van der Waals surface area contributed by atoms with E-state index in [1.807, 2.05) is 0 Å². The average molecular weight is 210 g/mol. The Kier molecular flexibility index (Phi) is 39.5. The summed E-state index contributed by atoms with van der Waals surface area (Å²) < 4.78 is 0. The lowest BCUT2D eigenvalue weighted by molar-refractivity contribution is -0.123. The first-order chi connectivity index (χ1) is 6.74. The number of rotatable bonds is 5. The molecule has 0 amide bonds. The van der Waals surface area contributed by atoms with Gasteiger partial charge in [0.15, 0.2) is 0 Å². The molecule has 6 nitrogen and oxygen atoms in total. The molecular formula is C8H18O6. The van der Waals surface area contributed by atoms with E-state index in [1.54, 1.807) is 0 Å². The van der Waals surface area contributed by atoms with Crippen LogP contribution in [-0.4, -0.2) is 46.6 Å². The molecule has 0 atom stereocenters. The van der Waals surface area contributed by atoms with Gasteiger partial charge in [0.2, 0.25) is 0 Å². The Morgan fingerprint density at radius 2 is 0.929 bits per heavy atom. The van der Waals surface area contributed by atoms with Crippen molar-refractivity contribution in [3.63, 3.8) is 0 Å². The molecule has 86 valence electrons. The fourth-order valence-electron chi connectivity index (χ4n) is 0.577. The highest BCUT2D eigenvalue weighted by Gasteiger charge is 1.84. The average Bonchev–Trinajstić information content (AvgIpc) is 2.15. The van der Waals surface area contributed by atoms with E-state index in [0.29, 0.717) is 0 Å². The predicted octanol–water partition coefficient (Wildman–Crippen LogP) is -0.0670. The molecule has 0 saturated carbocycles. The molecule has 0 spiro atoms. The Morgan fingerprint density at radius 3 is 1.07 bits per heavy atom. The number of aliphatic hydroxyl groups is 2. The topological polar surface area (TPSA) is 115 Å². The first-order valence-corrected chi connectivity index (χ1v) is 4.12. The summed E-state index contributed by atoms with van der Waals surface area (Å²) in [4.78, 5) is 16.7. The smallest absolute Gasteiger partial charge is 0.290 e. The molecule has 0 saturated heterocycles. The lowest BCUT2D eigenvalue weighted by atomic mass is 10.2. The molecule has 0 aliphatic rings. The third-order valence-corrected chi connectivity index (χ3v) is 1.07. The second-order valence-corrected chi connectivity index (χ2v) is 2.07. The monoisotopic (exact) mass is 210 g/mol. The maximum Gasteiger partial charge on any atom is 0.290 e. The second-order valence-electron chi connectivity index (χ2n) is 2.07. The van der Waals surface area contributed by atoms with Crippen LogP contribution in [0.4, 0.5) is 0 Å². The molecule has 0 aromatic heterocycles. The quantitative estimate of drug-likeness (QED) is 0.373. The van der Waals surface area contributed by atoms with Crippen LogP contribution in [0.15, 0.2) is 0 Å². The van der Waals surface area contributed by atoms with Crippen molar-refractivity contribution in [1.29, 1.82) is 0 Å². The van der Waals surface area contributed by atoms with Crippen molar-refractivity contribution in [2.75, 3.05) is 13.2 Å². The number of aliphatic hydroxyl groups excluding tert-OH is 2. The summed E-state index contributed by atoms with van der Waals surface area (Å²) in [5.41, 5.74) is 0. The van der Waals surface area contributed by atoms with Crippen molar-refractivity contribution < 1.29 is 30.0 Å². The van der Waals surface area contributed by atoms with Gasteiger partial charge in [-0.2, -0.15) is 0 Å². The van der Waals surface area contributed by atoms with Crippen LogP contribution in [0.5, 0.6) is 0 Å². The molecule has 6 heteroatoms. The number of carbonyl (C=O) groups is 2. The van der Waals surface area contributed by atoms with E-state index in [2.05, 4.69) is 0 Å². The zero-order chi connectivity index (χ0) is 11.7. The molecule has 0 heterocycles. The van der Waals surface area contributed by atoms with Crippen LogP contribution < -0.4 is 0 Å². The molecule has 0 aliphatic heterocycles. The summed E-state index contributed by atoms with van der Waals surface area (Å²) in [6, 6.07) is 0.